The summed E-state index contributed by atoms with van der Waals surface area (Å²) in [4.78, 5) is 24.0. The summed E-state index contributed by atoms with van der Waals surface area (Å²) in [6.45, 7) is 9.74. The first-order valence-electron chi connectivity index (χ1n) is 11.6. The molecule has 0 aliphatic heterocycles. The van der Waals surface area contributed by atoms with Crippen molar-refractivity contribution in [3.8, 4) is 0 Å². The Hall–Kier alpha value is -0.900. The molecule has 0 saturated heterocycles. The molecule has 4 heteroatoms. The molecule has 1 atom stereocenters. The van der Waals surface area contributed by atoms with Crippen molar-refractivity contribution in [1.82, 2.24) is 10.6 Å². The highest BCUT2D eigenvalue weighted by Gasteiger charge is 2.19. The Bertz CT molecular complexity index is 369. The molecule has 1 amide bonds. The molecule has 0 aliphatic rings. The highest BCUT2D eigenvalue weighted by Crippen LogP contribution is 2.11. The lowest BCUT2D eigenvalue weighted by atomic mass is 9.97. The molecular formula is C23H46N2O2. The Balaban J connectivity index is 3.56. The van der Waals surface area contributed by atoms with Crippen LogP contribution in [-0.2, 0) is 9.59 Å². The van der Waals surface area contributed by atoms with E-state index in [1.54, 1.807) is 0 Å². The molecule has 0 saturated carbocycles. The van der Waals surface area contributed by atoms with Crippen LogP contribution in [0.15, 0.2) is 0 Å². The Morgan fingerprint density at radius 1 is 0.778 bits per heavy atom. The van der Waals surface area contributed by atoms with Gasteiger partial charge in [0.1, 0.15) is 0 Å². The molecule has 0 heterocycles. The molecule has 0 unspecified atom stereocenters. The van der Waals surface area contributed by atoms with Crippen LogP contribution in [0.3, 0.4) is 0 Å². The van der Waals surface area contributed by atoms with Gasteiger partial charge in [0.05, 0.1) is 6.04 Å². The fourth-order valence-corrected chi connectivity index (χ4v) is 3.38. The molecule has 0 aromatic carbocycles. The summed E-state index contributed by atoms with van der Waals surface area (Å²) in [5.41, 5.74) is 0. The monoisotopic (exact) mass is 382 g/mol. The van der Waals surface area contributed by atoms with Gasteiger partial charge in [-0.05, 0) is 32.2 Å². The van der Waals surface area contributed by atoms with E-state index in [0.29, 0.717) is 12.2 Å². The van der Waals surface area contributed by atoms with Gasteiger partial charge in [0, 0.05) is 18.9 Å². The molecule has 0 radical (unpaired) electrons. The Kier molecular flexibility index (Phi) is 17.8. The van der Waals surface area contributed by atoms with Crippen LogP contribution < -0.4 is 10.6 Å². The van der Waals surface area contributed by atoms with E-state index in [0.717, 1.165) is 38.8 Å². The van der Waals surface area contributed by atoms with Crippen molar-refractivity contribution in [3.63, 3.8) is 0 Å². The molecule has 2 N–H and O–H groups in total. The smallest absolute Gasteiger partial charge is 0.219 e. The van der Waals surface area contributed by atoms with Gasteiger partial charge in [0.25, 0.3) is 0 Å². The Morgan fingerprint density at radius 3 is 1.93 bits per heavy atom. The van der Waals surface area contributed by atoms with Gasteiger partial charge in [0.2, 0.25) is 5.91 Å². The molecule has 0 spiro atoms. The van der Waals surface area contributed by atoms with Crippen molar-refractivity contribution >= 4 is 11.7 Å². The summed E-state index contributed by atoms with van der Waals surface area (Å²) >= 11 is 0. The number of hydrogen-bond acceptors (Lipinski definition) is 3. The molecule has 160 valence electrons. The first-order valence-corrected chi connectivity index (χ1v) is 11.6. The van der Waals surface area contributed by atoms with E-state index < -0.39 is 0 Å². The first-order chi connectivity index (χ1) is 13.0. The molecule has 0 rings (SSSR count). The van der Waals surface area contributed by atoms with Crippen molar-refractivity contribution in [2.45, 2.75) is 117 Å². The van der Waals surface area contributed by atoms with Crippen LogP contribution in [0, 0.1) is 5.92 Å². The lowest BCUT2D eigenvalue weighted by Gasteiger charge is -2.18. The lowest BCUT2D eigenvalue weighted by Crippen LogP contribution is -2.39. The van der Waals surface area contributed by atoms with Crippen LogP contribution in [-0.4, -0.2) is 30.8 Å². The minimum atomic E-state index is -0.0346. The topological polar surface area (TPSA) is 58.2 Å². The number of carbonyl (C=O) groups excluding carboxylic acids is 2. The standard InChI is InChI=1S/C23H46N2O2/c1-5-7-8-9-10-11-12-13-14-18-22(26)25-19-16-15-17-21(24-6-2)23(27)20(3)4/h20-21,24H,5-19H2,1-4H3,(H,25,26)/t21-/m0/s1. The number of Topliss-reactive ketones (excluding diaryl/α,β-unsaturated/α-hetero) is 1. The van der Waals surface area contributed by atoms with Gasteiger partial charge >= 0.3 is 0 Å². The van der Waals surface area contributed by atoms with Gasteiger partial charge in [-0.25, -0.2) is 0 Å². The summed E-state index contributed by atoms with van der Waals surface area (Å²) in [6, 6.07) is -0.0346. The third-order valence-electron chi connectivity index (χ3n) is 5.11. The van der Waals surface area contributed by atoms with E-state index in [4.69, 9.17) is 0 Å². The second kappa shape index (κ2) is 18.5. The van der Waals surface area contributed by atoms with E-state index >= 15 is 0 Å². The fraction of sp³-hybridized carbons (Fsp3) is 0.913. The highest BCUT2D eigenvalue weighted by molar-refractivity contribution is 5.85. The van der Waals surface area contributed by atoms with Crippen molar-refractivity contribution in [1.29, 1.82) is 0 Å². The Labute approximate surface area is 168 Å². The minimum absolute atomic E-state index is 0.0346. The maximum atomic E-state index is 12.1. The van der Waals surface area contributed by atoms with Crippen molar-refractivity contribution in [2.24, 2.45) is 5.92 Å². The molecule has 0 aliphatic carbocycles. The molecule has 27 heavy (non-hydrogen) atoms. The van der Waals surface area contributed by atoms with Gasteiger partial charge in [-0.15, -0.1) is 0 Å². The van der Waals surface area contributed by atoms with E-state index in [9.17, 15) is 9.59 Å². The third-order valence-corrected chi connectivity index (χ3v) is 5.11. The number of nitrogens with one attached hydrogen (secondary N) is 2. The normalized spacial score (nSPS) is 12.3. The Morgan fingerprint density at radius 2 is 1.37 bits per heavy atom. The number of hydrogen-bond donors (Lipinski definition) is 2. The summed E-state index contributed by atoms with van der Waals surface area (Å²) in [5.74, 6) is 0.552. The van der Waals surface area contributed by atoms with Gasteiger partial charge < -0.3 is 10.6 Å². The number of amides is 1. The van der Waals surface area contributed by atoms with Crippen LogP contribution in [0.2, 0.25) is 0 Å². The minimum Gasteiger partial charge on any atom is -0.356 e. The number of carbonyl (C=O) groups is 2. The zero-order chi connectivity index (χ0) is 20.3. The number of rotatable bonds is 19. The van der Waals surface area contributed by atoms with Crippen LogP contribution in [0.5, 0.6) is 0 Å². The fourth-order valence-electron chi connectivity index (χ4n) is 3.38. The second-order valence-corrected chi connectivity index (χ2v) is 8.09. The maximum absolute atomic E-state index is 12.1. The van der Waals surface area contributed by atoms with Gasteiger partial charge in [-0.3, -0.25) is 9.59 Å². The predicted octanol–water partition coefficient (Wildman–Crippen LogP) is 5.40. The van der Waals surface area contributed by atoms with Gasteiger partial charge in [0.15, 0.2) is 5.78 Å². The largest absolute Gasteiger partial charge is 0.356 e. The van der Waals surface area contributed by atoms with Crippen LogP contribution in [0.4, 0.5) is 0 Å². The average Bonchev–Trinajstić information content (AvgIpc) is 2.64. The van der Waals surface area contributed by atoms with Gasteiger partial charge in [-0.1, -0.05) is 79.1 Å². The van der Waals surface area contributed by atoms with Crippen LogP contribution in [0.1, 0.15) is 111 Å². The third kappa shape index (κ3) is 15.8. The number of ketones is 1. The second-order valence-electron chi connectivity index (χ2n) is 8.09. The highest BCUT2D eigenvalue weighted by atomic mass is 16.1. The molecule has 0 aromatic rings. The van der Waals surface area contributed by atoms with E-state index in [2.05, 4.69) is 17.6 Å². The SMILES string of the molecule is CCCCCCCCCCCC(=O)NCCCC[C@H](NCC)C(=O)C(C)C. The maximum Gasteiger partial charge on any atom is 0.219 e. The van der Waals surface area contributed by atoms with Crippen molar-refractivity contribution < 1.29 is 9.59 Å². The number of unbranched alkanes of at least 4 members (excludes halogenated alkanes) is 9. The zero-order valence-corrected chi connectivity index (χ0v) is 18.6. The quantitative estimate of drug-likeness (QED) is 0.294. The van der Waals surface area contributed by atoms with Crippen LogP contribution >= 0.6 is 0 Å². The summed E-state index contributed by atoms with van der Waals surface area (Å²) in [7, 11) is 0. The van der Waals surface area contributed by atoms with Crippen molar-refractivity contribution in [3.05, 3.63) is 0 Å². The van der Waals surface area contributed by atoms with Gasteiger partial charge in [-0.2, -0.15) is 0 Å². The summed E-state index contributed by atoms with van der Waals surface area (Å²) in [5, 5.41) is 6.31. The summed E-state index contributed by atoms with van der Waals surface area (Å²) < 4.78 is 0. The molecule has 0 aromatic heterocycles. The van der Waals surface area contributed by atoms with E-state index in [-0.39, 0.29) is 17.9 Å². The van der Waals surface area contributed by atoms with Crippen LogP contribution in [0.25, 0.3) is 0 Å². The lowest BCUT2D eigenvalue weighted by molar-refractivity contribution is -0.124. The van der Waals surface area contributed by atoms with E-state index in [1.165, 1.54) is 51.4 Å². The predicted molar refractivity (Wildman–Crippen MR) is 116 cm³/mol. The molecular weight excluding hydrogens is 336 g/mol. The summed E-state index contributed by atoms with van der Waals surface area (Å²) in [6.07, 6.45) is 14.9. The number of likely N-dealkylation sites (N-methyl/N-ethyl adjacent to an activating group) is 1. The average molecular weight is 383 g/mol. The molecule has 0 bridgehead atoms. The van der Waals surface area contributed by atoms with Crippen molar-refractivity contribution in [2.75, 3.05) is 13.1 Å². The molecule has 4 nitrogen and oxygen atoms in total. The van der Waals surface area contributed by atoms with E-state index in [1.807, 2.05) is 20.8 Å². The first kappa shape index (κ1) is 26.1. The molecule has 0 fully saturated rings. The zero-order valence-electron chi connectivity index (χ0n) is 18.6.